The molecule has 2 N–H and O–H groups in total. The number of rotatable bonds is 19. The lowest BCUT2D eigenvalue weighted by Gasteiger charge is -2.33. The smallest absolute Gasteiger partial charge is 0.323 e. The van der Waals surface area contributed by atoms with Crippen LogP contribution in [0.15, 0.2) is 30.3 Å². The Bertz CT molecular complexity index is 568. The summed E-state index contributed by atoms with van der Waals surface area (Å²) in [6.45, 7) is 10.3. The Morgan fingerprint density at radius 3 is 2.10 bits per heavy atom. The number of benzene rings is 1. The molecule has 0 radical (unpaired) electrons. The molecular formula is C25H43NO5. The molecule has 0 unspecified atom stereocenters. The molecule has 6 heteroatoms. The Balaban J connectivity index is 3.02. The van der Waals surface area contributed by atoms with E-state index in [0.29, 0.717) is 26.4 Å². The number of ether oxygens (including phenoxy) is 3. The average molecular weight is 438 g/mol. The quantitative estimate of drug-likeness (QED) is 0.297. The summed E-state index contributed by atoms with van der Waals surface area (Å²) in [5.41, 5.74) is 1.03. The highest BCUT2D eigenvalue weighted by atomic mass is 16.6. The van der Waals surface area contributed by atoms with Gasteiger partial charge in [0, 0.05) is 25.9 Å². The van der Waals surface area contributed by atoms with E-state index in [9.17, 15) is 9.90 Å². The van der Waals surface area contributed by atoms with Crippen LogP contribution in [-0.2, 0) is 19.0 Å². The van der Waals surface area contributed by atoms with Crippen LogP contribution >= 0.6 is 0 Å². The van der Waals surface area contributed by atoms with E-state index in [4.69, 9.17) is 14.2 Å². The summed E-state index contributed by atoms with van der Waals surface area (Å²) < 4.78 is 18.1. The van der Waals surface area contributed by atoms with Crippen molar-refractivity contribution in [1.82, 2.24) is 5.32 Å². The molecule has 1 aromatic carbocycles. The molecule has 0 saturated heterocycles. The van der Waals surface area contributed by atoms with Crippen LogP contribution in [0.2, 0.25) is 0 Å². The van der Waals surface area contributed by atoms with Crippen LogP contribution in [0, 0.1) is 0 Å². The molecule has 0 heterocycles. The van der Waals surface area contributed by atoms with Crippen LogP contribution in [0.4, 0.5) is 0 Å². The minimum Gasteiger partial charge on any atom is -0.480 e. The molecule has 0 saturated carbocycles. The predicted octanol–water partition coefficient (Wildman–Crippen LogP) is 4.98. The molecule has 1 aromatic rings. The number of carboxylic acids is 1. The molecule has 0 spiro atoms. The molecule has 0 bridgehead atoms. The normalized spacial score (nSPS) is 15.4. The summed E-state index contributed by atoms with van der Waals surface area (Å²) in [4.78, 5) is 12.3. The standard InChI is InChI=1S/C25H43NO5/c1-5-8-16-29-19-22(30-17-9-6-2)24(31-18-10-7-3)23(25(27)28)26-20(4)21-14-12-11-13-15-21/h11-15,20,22-24,26H,5-10,16-19H2,1-4H3,(H,27,28)/t20-,22+,23+,24-/m1/s1. The number of nitrogens with one attached hydrogen (secondary N) is 1. The van der Waals surface area contributed by atoms with Crippen LogP contribution in [0.1, 0.15) is 77.8 Å². The molecule has 0 amide bonds. The Kier molecular flexibility index (Phi) is 15.2. The summed E-state index contributed by atoms with van der Waals surface area (Å²) in [7, 11) is 0. The van der Waals surface area contributed by atoms with E-state index >= 15 is 0 Å². The fourth-order valence-electron chi connectivity index (χ4n) is 3.26. The Labute approximate surface area is 188 Å². The van der Waals surface area contributed by atoms with Gasteiger partial charge in [-0.1, -0.05) is 70.4 Å². The van der Waals surface area contributed by atoms with Gasteiger partial charge in [0.1, 0.15) is 18.2 Å². The van der Waals surface area contributed by atoms with Crippen molar-refractivity contribution in [3.8, 4) is 0 Å². The fraction of sp³-hybridized carbons (Fsp3) is 0.720. The van der Waals surface area contributed by atoms with Gasteiger partial charge in [-0.3, -0.25) is 10.1 Å². The van der Waals surface area contributed by atoms with E-state index in [1.807, 2.05) is 37.3 Å². The lowest BCUT2D eigenvalue weighted by Crippen LogP contribution is -2.55. The summed E-state index contributed by atoms with van der Waals surface area (Å²) in [5, 5.41) is 13.4. The average Bonchev–Trinajstić information content (AvgIpc) is 2.78. The minimum atomic E-state index is -0.943. The van der Waals surface area contributed by atoms with Crippen molar-refractivity contribution in [2.24, 2.45) is 0 Å². The molecule has 0 aliphatic rings. The monoisotopic (exact) mass is 437 g/mol. The first-order valence-corrected chi connectivity index (χ1v) is 11.9. The summed E-state index contributed by atoms with van der Waals surface area (Å²) >= 11 is 0. The van der Waals surface area contributed by atoms with Gasteiger partial charge < -0.3 is 19.3 Å². The van der Waals surface area contributed by atoms with Gasteiger partial charge in [-0.25, -0.2) is 0 Å². The highest BCUT2D eigenvalue weighted by molar-refractivity contribution is 5.74. The zero-order chi connectivity index (χ0) is 22.9. The second kappa shape index (κ2) is 17.1. The Hall–Kier alpha value is -1.47. The third-order valence-corrected chi connectivity index (χ3v) is 5.25. The van der Waals surface area contributed by atoms with Gasteiger partial charge in [0.25, 0.3) is 0 Å². The maximum absolute atomic E-state index is 12.3. The van der Waals surface area contributed by atoms with Crippen molar-refractivity contribution in [1.29, 1.82) is 0 Å². The first-order valence-electron chi connectivity index (χ1n) is 11.9. The van der Waals surface area contributed by atoms with Crippen molar-refractivity contribution in [2.45, 2.75) is 90.5 Å². The third-order valence-electron chi connectivity index (χ3n) is 5.25. The lowest BCUT2D eigenvalue weighted by atomic mass is 10.0. The first-order chi connectivity index (χ1) is 15.0. The predicted molar refractivity (Wildman–Crippen MR) is 124 cm³/mol. The maximum Gasteiger partial charge on any atom is 0.323 e. The molecule has 0 fully saturated rings. The van der Waals surface area contributed by atoms with Gasteiger partial charge in [-0.05, 0) is 31.7 Å². The topological polar surface area (TPSA) is 77.0 Å². The van der Waals surface area contributed by atoms with E-state index in [1.54, 1.807) is 0 Å². The first kappa shape index (κ1) is 27.6. The summed E-state index contributed by atoms with van der Waals surface area (Å²) in [6.07, 6.45) is 4.70. The largest absolute Gasteiger partial charge is 0.480 e. The fourth-order valence-corrected chi connectivity index (χ4v) is 3.26. The van der Waals surface area contributed by atoms with Crippen molar-refractivity contribution in [2.75, 3.05) is 26.4 Å². The number of unbranched alkanes of at least 4 members (excludes halogenated alkanes) is 3. The molecule has 0 aliphatic carbocycles. The van der Waals surface area contributed by atoms with Crippen molar-refractivity contribution < 1.29 is 24.1 Å². The molecule has 178 valence electrons. The van der Waals surface area contributed by atoms with E-state index in [2.05, 4.69) is 26.1 Å². The number of aliphatic carboxylic acids is 1. The van der Waals surface area contributed by atoms with Gasteiger partial charge in [-0.2, -0.15) is 0 Å². The van der Waals surface area contributed by atoms with Gasteiger partial charge >= 0.3 is 5.97 Å². The van der Waals surface area contributed by atoms with Crippen LogP contribution < -0.4 is 5.32 Å². The number of hydrogen-bond donors (Lipinski definition) is 2. The SMILES string of the molecule is CCCCOC[C@H](OCCCC)[C@@H](OCCCC)[C@H](N[C@H](C)c1ccccc1)C(=O)O. The zero-order valence-electron chi connectivity index (χ0n) is 19.8. The van der Waals surface area contributed by atoms with Gasteiger partial charge in [0.15, 0.2) is 0 Å². The lowest BCUT2D eigenvalue weighted by molar-refractivity contribution is -0.155. The van der Waals surface area contributed by atoms with E-state index in [0.717, 1.165) is 44.1 Å². The van der Waals surface area contributed by atoms with Crippen molar-refractivity contribution in [3.05, 3.63) is 35.9 Å². The zero-order valence-corrected chi connectivity index (χ0v) is 19.8. The molecule has 1 rings (SSSR count). The van der Waals surface area contributed by atoms with Gasteiger partial charge in [0.05, 0.1) is 6.61 Å². The molecule has 0 aromatic heterocycles. The summed E-state index contributed by atoms with van der Waals surface area (Å²) in [6, 6.07) is 8.80. The van der Waals surface area contributed by atoms with Crippen molar-refractivity contribution in [3.63, 3.8) is 0 Å². The van der Waals surface area contributed by atoms with Crippen LogP contribution in [0.25, 0.3) is 0 Å². The molecule has 31 heavy (non-hydrogen) atoms. The minimum absolute atomic E-state index is 0.142. The van der Waals surface area contributed by atoms with Crippen LogP contribution in [0.3, 0.4) is 0 Å². The number of carbonyl (C=O) groups is 1. The van der Waals surface area contributed by atoms with Crippen molar-refractivity contribution >= 4 is 5.97 Å². The molecule has 4 atom stereocenters. The summed E-state index contributed by atoms with van der Waals surface area (Å²) in [5.74, 6) is -0.943. The van der Waals surface area contributed by atoms with Gasteiger partial charge in [-0.15, -0.1) is 0 Å². The third kappa shape index (κ3) is 11.1. The maximum atomic E-state index is 12.3. The highest BCUT2D eigenvalue weighted by Gasteiger charge is 2.37. The second-order valence-corrected chi connectivity index (χ2v) is 8.00. The van der Waals surface area contributed by atoms with Crippen LogP contribution in [-0.4, -0.2) is 55.8 Å². The Morgan fingerprint density at radius 2 is 1.52 bits per heavy atom. The van der Waals surface area contributed by atoms with E-state index in [-0.39, 0.29) is 6.04 Å². The van der Waals surface area contributed by atoms with Gasteiger partial charge in [0.2, 0.25) is 0 Å². The van der Waals surface area contributed by atoms with Crippen LogP contribution in [0.5, 0.6) is 0 Å². The Morgan fingerprint density at radius 1 is 0.935 bits per heavy atom. The molecular weight excluding hydrogens is 394 g/mol. The van der Waals surface area contributed by atoms with E-state index < -0.39 is 24.2 Å². The highest BCUT2D eigenvalue weighted by Crippen LogP contribution is 2.18. The molecule has 6 nitrogen and oxygen atoms in total. The number of hydrogen-bond acceptors (Lipinski definition) is 5. The second-order valence-electron chi connectivity index (χ2n) is 8.00. The number of carboxylic acid groups (broad SMARTS) is 1. The molecule has 0 aliphatic heterocycles. The van der Waals surface area contributed by atoms with E-state index in [1.165, 1.54) is 0 Å².